The molecule has 0 radical (unpaired) electrons. The Morgan fingerprint density at radius 2 is 2.43 bits per heavy atom. The van der Waals surface area contributed by atoms with Crippen LogP contribution in [0.3, 0.4) is 0 Å². The molecule has 1 aliphatic rings. The fourth-order valence-electron chi connectivity index (χ4n) is 1.37. The first kappa shape index (κ1) is 9.26. The van der Waals surface area contributed by atoms with E-state index in [4.69, 9.17) is 5.73 Å². The van der Waals surface area contributed by atoms with Crippen LogP contribution in [0, 0.1) is 0 Å². The Balaban J connectivity index is 2.27. The number of amides is 1. The maximum Gasteiger partial charge on any atom is 0.234 e. The van der Waals surface area contributed by atoms with Crippen LogP contribution in [0.2, 0.25) is 0 Å². The molecule has 1 aromatic heterocycles. The van der Waals surface area contributed by atoms with E-state index in [2.05, 4.69) is 22.6 Å². The van der Waals surface area contributed by atoms with Gasteiger partial charge in [-0.25, -0.2) is 4.98 Å². The molecule has 2 heterocycles. The number of aromatic nitrogens is 2. The molecule has 5 nitrogen and oxygen atoms in total. The number of hydrogen-bond acceptors (Lipinski definition) is 5. The summed E-state index contributed by atoms with van der Waals surface area (Å²) in [5.74, 6) is 0.729. The van der Waals surface area contributed by atoms with Crippen molar-refractivity contribution in [3.05, 3.63) is 12.3 Å². The van der Waals surface area contributed by atoms with E-state index >= 15 is 0 Å². The molecule has 0 aromatic carbocycles. The van der Waals surface area contributed by atoms with Crippen LogP contribution in [0.15, 0.2) is 12.3 Å². The number of nitrogens with zero attached hydrogens (tertiary/aromatic N) is 3. The minimum atomic E-state index is -0.00407. The lowest BCUT2D eigenvalue weighted by molar-refractivity contribution is -0.117. The van der Waals surface area contributed by atoms with Gasteiger partial charge < -0.3 is 5.73 Å². The van der Waals surface area contributed by atoms with Gasteiger partial charge in [-0.05, 0) is 6.07 Å². The molecule has 74 valence electrons. The van der Waals surface area contributed by atoms with Crippen LogP contribution in [-0.2, 0) is 4.79 Å². The van der Waals surface area contributed by atoms with Crippen molar-refractivity contribution in [1.82, 2.24) is 9.97 Å². The molecule has 14 heavy (non-hydrogen) atoms. The van der Waals surface area contributed by atoms with Crippen molar-refractivity contribution in [2.75, 3.05) is 17.2 Å². The first-order valence-corrected chi connectivity index (χ1v) is 4.75. The summed E-state index contributed by atoms with van der Waals surface area (Å²) < 4.78 is 0. The number of hydrogen-bond donors (Lipinski definition) is 2. The summed E-state index contributed by atoms with van der Waals surface area (Å²) in [5, 5.41) is 0.0625. The van der Waals surface area contributed by atoms with Gasteiger partial charge in [0.25, 0.3) is 0 Å². The molecular weight excluding hydrogens is 200 g/mol. The second kappa shape index (κ2) is 3.45. The van der Waals surface area contributed by atoms with Gasteiger partial charge in [0.15, 0.2) is 0 Å². The average molecular weight is 210 g/mol. The van der Waals surface area contributed by atoms with Crippen molar-refractivity contribution < 1.29 is 4.79 Å². The highest BCUT2D eigenvalue weighted by Gasteiger charge is 2.29. The lowest BCUT2D eigenvalue weighted by Gasteiger charge is -2.12. The van der Waals surface area contributed by atoms with Crippen LogP contribution in [0.25, 0.3) is 0 Å². The van der Waals surface area contributed by atoms with E-state index in [-0.39, 0.29) is 11.2 Å². The van der Waals surface area contributed by atoms with E-state index in [1.54, 1.807) is 6.07 Å². The molecule has 1 fully saturated rings. The second-order valence-corrected chi connectivity index (χ2v) is 3.87. The summed E-state index contributed by atoms with van der Waals surface area (Å²) >= 11 is 4.24. The Kier molecular flexibility index (Phi) is 2.28. The first-order valence-electron chi connectivity index (χ1n) is 4.24. The number of nitrogen functional groups attached to an aromatic ring is 1. The first-order chi connectivity index (χ1) is 6.66. The molecule has 6 heteroatoms. The molecule has 0 bridgehead atoms. The van der Waals surface area contributed by atoms with Crippen LogP contribution in [0.5, 0.6) is 0 Å². The SMILES string of the molecule is Nc1ccnc(N2CC(S)CC2=O)n1. The van der Waals surface area contributed by atoms with Gasteiger partial charge in [-0.15, -0.1) is 0 Å². The Labute approximate surface area is 86.7 Å². The topological polar surface area (TPSA) is 72.1 Å². The van der Waals surface area contributed by atoms with Gasteiger partial charge in [-0.1, -0.05) is 0 Å². The van der Waals surface area contributed by atoms with Gasteiger partial charge in [0.2, 0.25) is 11.9 Å². The lowest BCUT2D eigenvalue weighted by Crippen LogP contribution is -2.26. The van der Waals surface area contributed by atoms with E-state index in [9.17, 15) is 4.79 Å². The fourth-order valence-corrected chi connectivity index (χ4v) is 1.69. The largest absolute Gasteiger partial charge is 0.384 e. The summed E-state index contributed by atoms with van der Waals surface area (Å²) in [4.78, 5) is 20.9. The summed E-state index contributed by atoms with van der Waals surface area (Å²) in [7, 11) is 0. The number of nitrogens with two attached hydrogens (primary N) is 1. The number of rotatable bonds is 1. The maximum atomic E-state index is 11.5. The Hall–Kier alpha value is -1.30. The van der Waals surface area contributed by atoms with E-state index in [0.29, 0.717) is 24.7 Å². The zero-order chi connectivity index (χ0) is 10.1. The van der Waals surface area contributed by atoms with Gasteiger partial charge in [0, 0.05) is 24.4 Å². The summed E-state index contributed by atoms with van der Waals surface area (Å²) in [6.45, 7) is 0.547. The van der Waals surface area contributed by atoms with E-state index < -0.39 is 0 Å². The van der Waals surface area contributed by atoms with E-state index in [1.165, 1.54) is 11.1 Å². The highest BCUT2D eigenvalue weighted by molar-refractivity contribution is 7.81. The molecule has 1 saturated heterocycles. The number of carbonyl (C=O) groups is 1. The second-order valence-electron chi connectivity index (χ2n) is 3.14. The molecule has 0 spiro atoms. The predicted octanol–water partition coefficient (Wildman–Crippen LogP) is 0.0939. The summed E-state index contributed by atoms with van der Waals surface area (Å²) in [6.07, 6.45) is 1.97. The fraction of sp³-hybridized carbons (Fsp3) is 0.375. The molecule has 2 rings (SSSR count). The quantitative estimate of drug-likeness (QED) is 0.645. The van der Waals surface area contributed by atoms with Crippen molar-refractivity contribution in [3.8, 4) is 0 Å². The number of carbonyl (C=O) groups excluding carboxylic acids is 1. The smallest absolute Gasteiger partial charge is 0.234 e. The zero-order valence-electron chi connectivity index (χ0n) is 7.42. The Morgan fingerprint density at radius 3 is 3.00 bits per heavy atom. The zero-order valence-corrected chi connectivity index (χ0v) is 8.32. The highest BCUT2D eigenvalue weighted by atomic mass is 32.1. The van der Waals surface area contributed by atoms with E-state index in [0.717, 1.165) is 0 Å². The Bertz CT molecular complexity index is 370. The minimum absolute atomic E-state index is 0.00407. The van der Waals surface area contributed by atoms with Crippen molar-refractivity contribution in [1.29, 1.82) is 0 Å². The van der Waals surface area contributed by atoms with Gasteiger partial charge in [0.1, 0.15) is 5.82 Å². The molecule has 1 atom stereocenters. The van der Waals surface area contributed by atoms with Crippen LogP contribution in [-0.4, -0.2) is 27.7 Å². The molecule has 0 saturated carbocycles. The normalized spacial score (nSPS) is 21.6. The third-order valence-electron chi connectivity index (χ3n) is 2.01. The average Bonchev–Trinajstić information content (AvgIpc) is 2.45. The van der Waals surface area contributed by atoms with Gasteiger partial charge in [-0.3, -0.25) is 9.69 Å². The summed E-state index contributed by atoms with van der Waals surface area (Å²) in [5.41, 5.74) is 5.50. The molecule has 2 N–H and O–H groups in total. The monoisotopic (exact) mass is 210 g/mol. The van der Waals surface area contributed by atoms with Gasteiger partial charge >= 0.3 is 0 Å². The molecular formula is C8H10N4OS. The molecule has 1 unspecified atom stereocenters. The third kappa shape index (κ3) is 1.65. The van der Waals surface area contributed by atoms with Crippen molar-refractivity contribution in [3.63, 3.8) is 0 Å². The van der Waals surface area contributed by atoms with Crippen LogP contribution in [0.4, 0.5) is 11.8 Å². The van der Waals surface area contributed by atoms with Crippen LogP contribution < -0.4 is 10.6 Å². The van der Waals surface area contributed by atoms with Gasteiger partial charge in [0.05, 0.1) is 0 Å². The standard InChI is InChI=1S/C8H10N4OS/c9-6-1-2-10-8(11-6)12-4-5(14)3-7(12)13/h1-2,5,14H,3-4H2,(H2,9,10,11). The van der Waals surface area contributed by atoms with Crippen molar-refractivity contribution in [2.24, 2.45) is 0 Å². The summed E-state index contributed by atoms with van der Waals surface area (Å²) in [6, 6.07) is 1.59. The Morgan fingerprint density at radius 1 is 1.64 bits per heavy atom. The van der Waals surface area contributed by atoms with Crippen molar-refractivity contribution >= 4 is 30.3 Å². The molecule has 1 aromatic rings. The van der Waals surface area contributed by atoms with Crippen molar-refractivity contribution in [2.45, 2.75) is 11.7 Å². The van der Waals surface area contributed by atoms with Crippen LogP contribution >= 0.6 is 12.6 Å². The highest BCUT2D eigenvalue weighted by Crippen LogP contribution is 2.20. The van der Waals surface area contributed by atoms with Crippen LogP contribution in [0.1, 0.15) is 6.42 Å². The molecule has 1 aliphatic heterocycles. The van der Waals surface area contributed by atoms with Gasteiger partial charge in [-0.2, -0.15) is 17.6 Å². The van der Waals surface area contributed by atoms with E-state index in [1.807, 2.05) is 0 Å². The number of thiol groups is 1. The molecule has 1 amide bonds. The lowest BCUT2D eigenvalue weighted by atomic mass is 10.4. The predicted molar refractivity (Wildman–Crippen MR) is 56.2 cm³/mol. The maximum absolute atomic E-state index is 11.5. The molecule has 0 aliphatic carbocycles. The third-order valence-corrected chi connectivity index (χ3v) is 2.36. The number of anilines is 2. The minimum Gasteiger partial charge on any atom is -0.384 e.